The fourth-order valence-electron chi connectivity index (χ4n) is 2.79. The summed E-state index contributed by atoms with van der Waals surface area (Å²) >= 11 is 0.935. The molecule has 2 aromatic carbocycles. The fraction of sp³-hybridized carbons (Fsp3) is 0.200. The van der Waals surface area contributed by atoms with Gasteiger partial charge in [0.1, 0.15) is 15.8 Å². The third-order valence-corrected chi connectivity index (χ3v) is 7.48. The Morgan fingerprint density at radius 1 is 1.23 bits per heavy atom. The number of thiazole rings is 1. The van der Waals surface area contributed by atoms with E-state index in [1.807, 2.05) is 0 Å². The normalized spacial score (nSPS) is 13.1. The molecule has 30 heavy (non-hydrogen) atoms. The van der Waals surface area contributed by atoms with Crippen molar-refractivity contribution in [1.29, 1.82) is 4.78 Å². The summed E-state index contributed by atoms with van der Waals surface area (Å²) in [4.78, 5) is 18.0. The molecule has 0 saturated heterocycles. The van der Waals surface area contributed by atoms with E-state index >= 15 is 0 Å². The zero-order valence-corrected chi connectivity index (χ0v) is 17.8. The molecule has 0 unspecified atom stereocenters. The Morgan fingerprint density at radius 3 is 2.47 bits per heavy atom. The highest BCUT2D eigenvalue weighted by atomic mass is 32.2. The molecule has 0 aliphatic carbocycles. The molecule has 1 aromatic heterocycles. The number of aliphatic hydroxyl groups excluding tert-OH is 1. The second kappa shape index (κ2) is 8.58. The average molecular weight is 452 g/mol. The van der Waals surface area contributed by atoms with Crippen LogP contribution in [0.2, 0.25) is 0 Å². The maximum absolute atomic E-state index is 13.9. The van der Waals surface area contributed by atoms with Gasteiger partial charge in [0.05, 0.1) is 28.5 Å². The highest BCUT2D eigenvalue weighted by molar-refractivity contribution is 7.93. The van der Waals surface area contributed by atoms with Crippen LogP contribution in [0.25, 0.3) is 11.1 Å². The maximum Gasteiger partial charge on any atom is 0.232 e. The van der Waals surface area contributed by atoms with Crippen LogP contribution < -0.4 is 4.90 Å². The minimum absolute atomic E-state index is 0.0220. The molecule has 2 N–H and O–H groups in total. The quantitative estimate of drug-likeness (QED) is 0.596. The van der Waals surface area contributed by atoms with Crippen LogP contribution in [0, 0.1) is 16.4 Å². The summed E-state index contributed by atoms with van der Waals surface area (Å²) in [6.07, 6.45) is 1.25. The van der Waals surface area contributed by atoms with Gasteiger partial charge in [-0.2, -0.15) is 0 Å². The van der Waals surface area contributed by atoms with E-state index in [1.54, 1.807) is 24.3 Å². The molecule has 10 heteroatoms. The van der Waals surface area contributed by atoms with Crippen LogP contribution in [0.4, 0.5) is 13.9 Å². The van der Waals surface area contributed by atoms with E-state index in [-0.39, 0.29) is 32.9 Å². The molecule has 0 saturated carbocycles. The summed E-state index contributed by atoms with van der Waals surface area (Å²) in [6, 6.07) is 9.74. The molecule has 6 nitrogen and oxygen atoms in total. The van der Waals surface area contributed by atoms with Gasteiger partial charge in [-0.15, -0.1) is 0 Å². The number of carbonyl (C=O) groups excluding carboxylic acids is 1. The lowest BCUT2D eigenvalue weighted by atomic mass is 10.0. The number of rotatable bonds is 6. The molecule has 0 spiro atoms. The van der Waals surface area contributed by atoms with Crippen LogP contribution in [0.15, 0.2) is 46.7 Å². The second-order valence-corrected chi connectivity index (χ2v) is 10.0. The molecule has 0 aliphatic rings. The summed E-state index contributed by atoms with van der Waals surface area (Å²) in [5.74, 6) is -1.39. The van der Waals surface area contributed by atoms with Crippen molar-refractivity contribution in [1.82, 2.24) is 4.98 Å². The highest BCUT2D eigenvalue weighted by Gasteiger charge is 2.22. The van der Waals surface area contributed by atoms with Crippen molar-refractivity contribution < 1.29 is 22.9 Å². The van der Waals surface area contributed by atoms with Gasteiger partial charge in [-0.3, -0.25) is 9.69 Å². The molecule has 1 amide bonds. The van der Waals surface area contributed by atoms with E-state index in [0.717, 1.165) is 29.5 Å². The Balaban J connectivity index is 1.78. The average Bonchev–Trinajstić information content (AvgIpc) is 3.15. The maximum atomic E-state index is 13.9. The smallest absolute Gasteiger partial charge is 0.232 e. The molecule has 1 heterocycles. The molecule has 1 atom stereocenters. The van der Waals surface area contributed by atoms with E-state index in [2.05, 4.69) is 4.98 Å². The first-order valence-electron chi connectivity index (χ1n) is 8.75. The Bertz CT molecular complexity index is 1190. The van der Waals surface area contributed by atoms with Gasteiger partial charge in [0.15, 0.2) is 5.13 Å². The summed E-state index contributed by atoms with van der Waals surface area (Å²) < 4.78 is 47.2. The Labute approximate surface area is 176 Å². The Kier molecular flexibility index (Phi) is 6.30. The highest BCUT2D eigenvalue weighted by Crippen LogP contribution is 2.30. The SMILES string of the molecule is CN(C(=O)Cc1ccc(-c2cc(F)ccc2F)cc1)c1nc(CO)c([S@](C)(=N)=O)s1. The summed E-state index contributed by atoms with van der Waals surface area (Å²) in [7, 11) is -1.58. The van der Waals surface area contributed by atoms with Gasteiger partial charge < -0.3 is 5.11 Å². The minimum Gasteiger partial charge on any atom is -0.390 e. The van der Waals surface area contributed by atoms with Crippen LogP contribution in [0.1, 0.15) is 11.3 Å². The lowest BCUT2D eigenvalue weighted by Crippen LogP contribution is -2.27. The van der Waals surface area contributed by atoms with E-state index in [4.69, 9.17) is 4.78 Å². The summed E-state index contributed by atoms with van der Waals surface area (Å²) in [5, 5.41) is 9.62. The van der Waals surface area contributed by atoms with E-state index in [9.17, 15) is 22.9 Å². The van der Waals surface area contributed by atoms with Crippen molar-refractivity contribution in [2.45, 2.75) is 17.2 Å². The Hall–Kier alpha value is -2.69. The van der Waals surface area contributed by atoms with Gasteiger partial charge >= 0.3 is 0 Å². The van der Waals surface area contributed by atoms with Crippen LogP contribution in [-0.2, 0) is 27.6 Å². The summed E-state index contributed by atoms with van der Waals surface area (Å²) in [6.45, 7) is -0.477. The predicted octanol–water partition coefficient (Wildman–Crippen LogP) is 3.82. The van der Waals surface area contributed by atoms with Crippen LogP contribution in [0.5, 0.6) is 0 Å². The third-order valence-electron chi connectivity index (χ3n) is 4.36. The summed E-state index contributed by atoms with van der Waals surface area (Å²) in [5.41, 5.74) is 1.40. The monoisotopic (exact) mass is 451 g/mol. The minimum atomic E-state index is -3.08. The molecule has 0 radical (unpaired) electrons. The van der Waals surface area contributed by atoms with Crippen LogP contribution in [-0.4, -0.2) is 33.5 Å². The molecule has 0 aliphatic heterocycles. The molecular weight excluding hydrogens is 432 g/mol. The zero-order valence-electron chi connectivity index (χ0n) is 16.2. The van der Waals surface area contributed by atoms with Crippen molar-refractivity contribution in [3.8, 4) is 11.1 Å². The van der Waals surface area contributed by atoms with Crippen molar-refractivity contribution in [3.63, 3.8) is 0 Å². The fourth-order valence-corrected chi connectivity index (χ4v) is 5.00. The molecular formula is C20H19F2N3O3S2. The van der Waals surface area contributed by atoms with Crippen LogP contribution in [0.3, 0.4) is 0 Å². The van der Waals surface area contributed by atoms with Crippen molar-refractivity contribution >= 4 is 32.1 Å². The number of hydrogen-bond donors (Lipinski definition) is 2. The van der Waals surface area contributed by atoms with Gasteiger partial charge in [0.2, 0.25) is 5.91 Å². The largest absolute Gasteiger partial charge is 0.390 e. The number of amides is 1. The second-order valence-electron chi connectivity index (χ2n) is 6.68. The molecule has 158 valence electrons. The number of anilines is 1. The molecule has 3 aromatic rings. The number of hydrogen-bond acceptors (Lipinski definition) is 6. The van der Waals surface area contributed by atoms with Crippen molar-refractivity contribution in [3.05, 3.63) is 65.4 Å². The zero-order chi connectivity index (χ0) is 22.1. The van der Waals surface area contributed by atoms with E-state index in [0.29, 0.717) is 11.1 Å². The number of nitrogens with zero attached hydrogens (tertiary/aromatic N) is 2. The topological polar surface area (TPSA) is 94.3 Å². The number of aliphatic hydroxyl groups is 1. The van der Waals surface area contributed by atoms with Crippen molar-refractivity contribution in [2.24, 2.45) is 0 Å². The van der Waals surface area contributed by atoms with Gasteiger partial charge in [-0.1, -0.05) is 35.6 Å². The standard InChI is InChI=1S/C20H19F2N3O3S2/c1-25(20-24-17(11-26)19(29-20)30(2,23)28)18(27)9-12-3-5-13(6-4-12)15-10-14(21)7-8-16(15)22/h3-8,10,23,26H,9,11H2,1-2H3/t30-/m1/s1. The van der Waals surface area contributed by atoms with E-state index in [1.165, 1.54) is 18.2 Å². The first-order valence-corrected chi connectivity index (χ1v) is 11.5. The van der Waals surface area contributed by atoms with E-state index < -0.39 is 28.0 Å². The number of halogens is 2. The molecule has 3 rings (SSSR count). The molecule has 0 bridgehead atoms. The van der Waals surface area contributed by atoms with Gasteiger partial charge in [-0.05, 0) is 29.3 Å². The lowest BCUT2D eigenvalue weighted by Gasteiger charge is -2.14. The first-order chi connectivity index (χ1) is 14.1. The third kappa shape index (κ3) is 4.72. The van der Waals surface area contributed by atoms with Gasteiger partial charge in [0.25, 0.3) is 0 Å². The molecule has 0 fully saturated rings. The number of nitrogens with one attached hydrogen (secondary N) is 1. The first kappa shape index (κ1) is 22.0. The number of likely N-dealkylation sites (N-methyl/N-ethyl adjacent to an activating group) is 1. The lowest BCUT2D eigenvalue weighted by molar-refractivity contribution is -0.117. The number of benzene rings is 2. The van der Waals surface area contributed by atoms with Gasteiger partial charge in [0, 0.05) is 18.9 Å². The van der Waals surface area contributed by atoms with Crippen LogP contribution >= 0.6 is 11.3 Å². The van der Waals surface area contributed by atoms with Gasteiger partial charge in [-0.25, -0.2) is 22.8 Å². The van der Waals surface area contributed by atoms with Crippen molar-refractivity contribution in [2.75, 3.05) is 18.2 Å². The number of aromatic nitrogens is 1. The predicted molar refractivity (Wildman–Crippen MR) is 112 cm³/mol. The number of carbonyl (C=O) groups is 1. The Morgan fingerprint density at radius 2 is 1.90 bits per heavy atom.